The fourth-order valence-corrected chi connectivity index (χ4v) is 4.56. The first-order valence-electron chi connectivity index (χ1n) is 11.0. The van der Waals surface area contributed by atoms with Crippen LogP contribution in [-0.4, -0.2) is 63.3 Å². The molecule has 5 heterocycles. The van der Waals surface area contributed by atoms with Crippen molar-refractivity contribution in [2.75, 3.05) is 38.1 Å². The topological polar surface area (TPSA) is 76.7 Å². The van der Waals surface area contributed by atoms with E-state index in [4.69, 9.17) is 4.98 Å². The Hall–Kier alpha value is -3.71. The molecular weight excluding hydrogens is 398 g/mol. The molecule has 4 aromatic heterocycles. The maximum atomic E-state index is 4.96. The van der Waals surface area contributed by atoms with Gasteiger partial charge in [0.15, 0.2) is 0 Å². The van der Waals surface area contributed by atoms with E-state index in [0.717, 1.165) is 70.9 Å². The third-order valence-electron chi connectivity index (χ3n) is 6.46. The predicted molar refractivity (Wildman–Crippen MR) is 129 cm³/mol. The normalized spacial score (nSPS) is 15.1. The smallest absolute Gasteiger partial charge is 0.135 e. The molecule has 1 aromatic carbocycles. The van der Waals surface area contributed by atoms with Gasteiger partial charge >= 0.3 is 0 Å². The zero-order valence-electron chi connectivity index (χ0n) is 18.3. The summed E-state index contributed by atoms with van der Waals surface area (Å²) in [7, 11) is 2.18. The van der Waals surface area contributed by atoms with Crippen LogP contribution < -0.4 is 4.90 Å². The summed E-state index contributed by atoms with van der Waals surface area (Å²) in [6.07, 6.45) is 3.68. The number of nitrogens with zero attached hydrogens (tertiary/aromatic N) is 5. The molecule has 32 heavy (non-hydrogen) atoms. The van der Waals surface area contributed by atoms with E-state index in [9.17, 15) is 0 Å². The molecule has 1 fully saturated rings. The van der Waals surface area contributed by atoms with E-state index in [1.54, 1.807) is 0 Å². The molecule has 0 atom stereocenters. The lowest BCUT2D eigenvalue weighted by Gasteiger charge is -2.34. The van der Waals surface area contributed by atoms with Crippen molar-refractivity contribution in [2.45, 2.75) is 6.92 Å². The molecule has 1 aliphatic heterocycles. The van der Waals surface area contributed by atoms with E-state index in [2.05, 4.69) is 68.2 Å². The number of hydrogen-bond acceptors (Lipinski definition) is 5. The molecule has 0 saturated carbocycles. The summed E-state index contributed by atoms with van der Waals surface area (Å²) in [5.74, 6) is 0. The molecule has 160 valence electrons. The van der Waals surface area contributed by atoms with Gasteiger partial charge in [0.2, 0.25) is 0 Å². The zero-order valence-corrected chi connectivity index (χ0v) is 18.3. The van der Waals surface area contributed by atoms with Gasteiger partial charge in [-0.1, -0.05) is 6.07 Å². The summed E-state index contributed by atoms with van der Waals surface area (Å²) in [4.78, 5) is 17.7. The Labute approximate surface area is 186 Å². The fourth-order valence-electron chi connectivity index (χ4n) is 4.56. The van der Waals surface area contributed by atoms with Crippen molar-refractivity contribution in [3.8, 4) is 22.6 Å². The molecule has 0 amide bonds. The molecule has 0 unspecified atom stereocenters. The lowest BCUT2D eigenvalue weighted by atomic mass is 10.1. The quantitative estimate of drug-likeness (QED) is 0.454. The van der Waals surface area contributed by atoms with Crippen LogP contribution in [0.5, 0.6) is 0 Å². The van der Waals surface area contributed by atoms with Gasteiger partial charge in [-0.05, 0) is 55.9 Å². The third kappa shape index (κ3) is 3.13. The van der Waals surface area contributed by atoms with E-state index < -0.39 is 0 Å². The standard InChI is InChI=1S/C25H25N7/c1-16-8-9-26-15-18(16)20-6-7-21-24(28-20)25(30-29-21)22-14-17-19(27-22)4-3-5-23(17)32-12-10-31(2)11-13-32/h3-9,14-15,27H,10-13H2,1-2H3,(H,29,30). The van der Waals surface area contributed by atoms with Crippen molar-refractivity contribution in [1.82, 2.24) is 30.0 Å². The Bertz CT molecular complexity index is 1420. The second-order valence-electron chi connectivity index (χ2n) is 8.57. The number of rotatable bonds is 3. The van der Waals surface area contributed by atoms with Crippen molar-refractivity contribution in [2.24, 2.45) is 0 Å². The first kappa shape index (κ1) is 19.0. The van der Waals surface area contributed by atoms with Gasteiger partial charge in [-0.3, -0.25) is 10.1 Å². The van der Waals surface area contributed by atoms with E-state index in [1.165, 1.54) is 11.1 Å². The number of benzene rings is 1. The van der Waals surface area contributed by atoms with Crippen LogP contribution in [0, 0.1) is 6.92 Å². The molecule has 7 nitrogen and oxygen atoms in total. The van der Waals surface area contributed by atoms with Gasteiger partial charge in [-0.2, -0.15) is 5.10 Å². The van der Waals surface area contributed by atoms with Crippen LogP contribution in [0.3, 0.4) is 0 Å². The first-order chi connectivity index (χ1) is 15.7. The number of piperazine rings is 1. The zero-order chi connectivity index (χ0) is 21.7. The Kier molecular flexibility index (Phi) is 4.43. The maximum Gasteiger partial charge on any atom is 0.135 e. The minimum atomic E-state index is 0.837. The van der Waals surface area contributed by atoms with Gasteiger partial charge in [0.1, 0.15) is 11.2 Å². The molecule has 0 radical (unpaired) electrons. The number of aromatic amines is 2. The van der Waals surface area contributed by atoms with E-state index >= 15 is 0 Å². The highest BCUT2D eigenvalue weighted by molar-refractivity contribution is 5.99. The van der Waals surface area contributed by atoms with Crippen molar-refractivity contribution in [1.29, 1.82) is 0 Å². The van der Waals surface area contributed by atoms with Crippen LogP contribution in [0.1, 0.15) is 5.56 Å². The average Bonchev–Trinajstić information content (AvgIpc) is 3.43. The van der Waals surface area contributed by atoms with Crippen LogP contribution in [0.2, 0.25) is 0 Å². The fraction of sp³-hybridized carbons (Fsp3) is 0.240. The summed E-state index contributed by atoms with van der Waals surface area (Å²) in [6, 6.07) is 14.8. The van der Waals surface area contributed by atoms with Crippen LogP contribution in [-0.2, 0) is 0 Å². The summed E-state index contributed by atoms with van der Waals surface area (Å²) < 4.78 is 0. The number of likely N-dealkylation sites (N-methyl/N-ethyl adjacent to an activating group) is 1. The Morgan fingerprint density at radius 3 is 2.69 bits per heavy atom. The largest absolute Gasteiger partial charge is 0.368 e. The molecule has 6 rings (SSSR count). The summed E-state index contributed by atoms with van der Waals surface area (Å²) in [6.45, 7) is 6.32. The SMILES string of the molecule is Cc1ccncc1-c1ccc2[nH]nc(-c3cc4c(N5CCN(C)CC5)cccc4[nH]3)c2n1. The van der Waals surface area contributed by atoms with Crippen LogP contribution in [0.15, 0.2) is 54.9 Å². The maximum absolute atomic E-state index is 4.96. The molecule has 7 heteroatoms. The van der Waals surface area contributed by atoms with Gasteiger partial charge in [-0.15, -0.1) is 0 Å². The van der Waals surface area contributed by atoms with Gasteiger partial charge in [0, 0.05) is 60.7 Å². The molecular formula is C25H25N7. The monoisotopic (exact) mass is 423 g/mol. The number of aryl methyl sites for hydroxylation is 1. The number of nitrogens with one attached hydrogen (secondary N) is 2. The number of fused-ring (bicyclic) bond motifs is 2. The van der Waals surface area contributed by atoms with Crippen molar-refractivity contribution in [3.63, 3.8) is 0 Å². The molecule has 1 aliphatic rings. The molecule has 0 bridgehead atoms. The van der Waals surface area contributed by atoms with Gasteiger partial charge in [-0.25, -0.2) is 4.98 Å². The highest BCUT2D eigenvalue weighted by atomic mass is 15.2. The van der Waals surface area contributed by atoms with E-state index in [1.807, 2.05) is 30.6 Å². The van der Waals surface area contributed by atoms with Crippen molar-refractivity contribution in [3.05, 3.63) is 60.4 Å². The van der Waals surface area contributed by atoms with Crippen LogP contribution in [0.4, 0.5) is 5.69 Å². The highest BCUT2D eigenvalue weighted by Gasteiger charge is 2.19. The number of H-pyrrole nitrogens is 2. The second kappa shape index (κ2) is 7.46. The van der Waals surface area contributed by atoms with Crippen LogP contribution in [0.25, 0.3) is 44.6 Å². The number of aromatic nitrogens is 5. The van der Waals surface area contributed by atoms with E-state index in [-0.39, 0.29) is 0 Å². The second-order valence-corrected chi connectivity index (χ2v) is 8.57. The van der Waals surface area contributed by atoms with Crippen LogP contribution >= 0.6 is 0 Å². The van der Waals surface area contributed by atoms with Gasteiger partial charge in [0.25, 0.3) is 0 Å². The van der Waals surface area contributed by atoms with Gasteiger partial charge in [0.05, 0.1) is 16.9 Å². The van der Waals surface area contributed by atoms with Crippen molar-refractivity contribution < 1.29 is 0 Å². The summed E-state index contributed by atoms with van der Waals surface area (Å²) in [5.41, 5.74) is 9.07. The minimum Gasteiger partial charge on any atom is -0.368 e. The molecule has 0 spiro atoms. The Balaban J connectivity index is 1.45. The molecule has 0 aliphatic carbocycles. The Morgan fingerprint density at radius 1 is 0.969 bits per heavy atom. The first-order valence-corrected chi connectivity index (χ1v) is 11.0. The minimum absolute atomic E-state index is 0.837. The summed E-state index contributed by atoms with van der Waals surface area (Å²) >= 11 is 0. The lowest BCUT2D eigenvalue weighted by molar-refractivity contribution is 0.313. The highest BCUT2D eigenvalue weighted by Crippen LogP contribution is 2.34. The Morgan fingerprint density at radius 2 is 1.84 bits per heavy atom. The average molecular weight is 424 g/mol. The predicted octanol–water partition coefficient (Wildman–Crippen LogP) is 4.23. The molecule has 5 aromatic rings. The number of hydrogen-bond donors (Lipinski definition) is 2. The number of anilines is 1. The van der Waals surface area contributed by atoms with E-state index in [0.29, 0.717) is 0 Å². The lowest BCUT2D eigenvalue weighted by Crippen LogP contribution is -2.44. The van der Waals surface area contributed by atoms with Gasteiger partial charge < -0.3 is 14.8 Å². The summed E-state index contributed by atoms with van der Waals surface area (Å²) in [5, 5.41) is 8.98. The molecule has 1 saturated heterocycles. The number of pyridine rings is 2. The molecule has 2 N–H and O–H groups in total. The third-order valence-corrected chi connectivity index (χ3v) is 6.46. The van der Waals surface area contributed by atoms with Crippen molar-refractivity contribution >= 4 is 27.6 Å².